The molecule has 0 amide bonds. The number of benzene rings is 1. The zero-order valence-corrected chi connectivity index (χ0v) is 9.14. The van der Waals surface area contributed by atoms with Crippen LogP contribution in [0, 0.1) is 11.8 Å². The van der Waals surface area contributed by atoms with E-state index in [1.165, 1.54) is 6.92 Å². The molecule has 0 N–H and O–H groups in total. The smallest absolute Gasteiger partial charge is 0.235 e. The first-order valence-corrected chi connectivity index (χ1v) is 4.84. The van der Waals surface area contributed by atoms with Crippen molar-refractivity contribution >= 4 is 21.7 Å². The molecule has 0 aromatic heterocycles. The Labute approximate surface area is 90.4 Å². The van der Waals surface area contributed by atoms with E-state index in [-0.39, 0.29) is 5.78 Å². The van der Waals surface area contributed by atoms with Crippen molar-refractivity contribution in [3.05, 3.63) is 34.3 Å². The maximum Gasteiger partial charge on any atom is 0.235 e. The van der Waals surface area contributed by atoms with Crippen molar-refractivity contribution in [1.82, 2.24) is 0 Å². The summed E-state index contributed by atoms with van der Waals surface area (Å²) in [6, 6.07) is 6.77. The molecule has 1 atom stereocenters. The lowest BCUT2D eigenvalue weighted by Crippen LogP contribution is -1.96. The fourth-order valence-corrected chi connectivity index (χ4v) is 1.10. The van der Waals surface area contributed by atoms with Crippen molar-refractivity contribution in [2.24, 2.45) is 0 Å². The normalized spacial score (nSPS) is 11.4. The highest BCUT2D eigenvalue weighted by Gasteiger charge is 2.01. The molecule has 0 radical (unpaired) electrons. The van der Waals surface area contributed by atoms with Crippen LogP contribution in [0.4, 0.5) is 4.39 Å². The highest BCUT2D eigenvalue weighted by atomic mass is 79.9. The molecule has 0 aliphatic heterocycles. The van der Waals surface area contributed by atoms with Crippen LogP contribution in [0.15, 0.2) is 28.7 Å². The van der Waals surface area contributed by atoms with E-state index in [1.54, 1.807) is 24.3 Å². The summed E-state index contributed by atoms with van der Waals surface area (Å²) in [6.45, 7) is 1.29. The number of carbonyl (C=O) groups is 1. The van der Waals surface area contributed by atoms with E-state index in [9.17, 15) is 9.18 Å². The maximum atomic E-state index is 12.3. The number of rotatable bonds is 1. The van der Waals surface area contributed by atoms with Gasteiger partial charge in [0.05, 0.1) is 0 Å². The van der Waals surface area contributed by atoms with Crippen molar-refractivity contribution in [3.63, 3.8) is 0 Å². The quantitative estimate of drug-likeness (QED) is 0.428. The lowest BCUT2D eigenvalue weighted by Gasteiger charge is -1.93. The first-order chi connectivity index (χ1) is 6.59. The van der Waals surface area contributed by atoms with Gasteiger partial charge in [-0.05, 0) is 37.1 Å². The van der Waals surface area contributed by atoms with Crippen LogP contribution in [-0.2, 0) is 0 Å². The average Bonchev–Trinajstić information content (AvgIpc) is 2.15. The van der Waals surface area contributed by atoms with E-state index in [0.717, 1.165) is 4.47 Å². The van der Waals surface area contributed by atoms with Crippen LogP contribution in [0.3, 0.4) is 0 Å². The van der Waals surface area contributed by atoms with Gasteiger partial charge in [-0.15, -0.1) is 0 Å². The molecule has 1 aromatic carbocycles. The molecule has 0 heterocycles. The molecular weight excluding hydrogens is 247 g/mol. The Morgan fingerprint density at radius 3 is 2.50 bits per heavy atom. The minimum Gasteiger partial charge on any atom is -0.279 e. The fraction of sp³-hybridized carbons (Fsp3) is 0.182. The summed E-state index contributed by atoms with van der Waals surface area (Å²) in [7, 11) is 0. The predicted octanol–water partition coefficient (Wildman–Crippen LogP) is 2.99. The minimum atomic E-state index is -1.27. The predicted molar refractivity (Wildman–Crippen MR) is 56.8 cm³/mol. The SMILES string of the molecule is C[C@@H](F)C#CC(=O)c1ccc(Br)cc1. The van der Waals surface area contributed by atoms with Gasteiger partial charge in [-0.25, -0.2) is 4.39 Å². The molecule has 0 bridgehead atoms. The van der Waals surface area contributed by atoms with Gasteiger partial charge in [-0.2, -0.15) is 0 Å². The zero-order chi connectivity index (χ0) is 10.6. The van der Waals surface area contributed by atoms with Gasteiger partial charge < -0.3 is 0 Å². The molecule has 14 heavy (non-hydrogen) atoms. The van der Waals surface area contributed by atoms with Crippen LogP contribution in [0.2, 0.25) is 0 Å². The Bertz CT molecular complexity index is 384. The molecule has 0 unspecified atom stereocenters. The van der Waals surface area contributed by atoms with Crippen LogP contribution < -0.4 is 0 Å². The van der Waals surface area contributed by atoms with Gasteiger partial charge in [0.2, 0.25) is 5.78 Å². The van der Waals surface area contributed by atoms with Crippen molar-refractivity contribution in [1.29, 1.82) is 0 Å². The second-order valence-electron chi connectivity index (χ2n) is 2.72. The minimum absolute atomic E-state index is 0.359. The van der Waals surface area contributed by atoms with Gasteiger partial charge in [0.25, 0.3) is 0 Å². The summed E-state index contributed by atoms with van der Waals surface area (Å²) < 4.78 is 13.2. The van der Waals surface area contributed by atoms with Crippen LogP contribution in [0.1, 0.15) is 17.3 Å². The molecule has 0 saturated heterocycles. The first kappa shape index (κ1) is 10.9. The molecule has 0 fully saturated rings. The summed E-state index contributed by atoms with van der Waals surface area (Å²) >= 11 is 3.25. The molecule has 72 valence electrons. The number of alkyl halides is 1. The molecule has 0 aliphatic carbocycles. The van der Waals surface area contributed by atoms with E-state index < -0.39 is 6.17 Å². The Balaban J connectivity index is 2.82. The highest BCUT2D eigenvalue weighted by molar-refractivity contribution is 9.10. The van der Waals surface area contributed by atoms with Gasteiger partial charge >= 0.3 is 0 Å². The number of hydrogen-bond donors (Lipinski definition) is 0. The highest BCUT2D eigenvalue weighted by Crippen LogP contribution is 2.10. The molecular formula is C11H8BrFO. The van der Waals surface area contributed by atoms with Crippen molar-refractivity contribution in [2.45, 2.75) is 13.1 Å². The van der Waals surface area contributed by atoms with Crippen molar-refractivity contribution in [2.75, 3.05) is 0 Å². The number of hydrogen-bond acceptors (Lipinski definition) is 1. The van der Waals surface area contributed by atoms with Gasteiger partial charge in [-0.1, -0.05) is 21.9 Å². The van der Waals surface area contributed by atoms with E-state index >= 15 is 0 Å². The second kappa shape index (κ2) is 4.92. The molecule has 0 spiro atoms. The van der Waals surface area contributed by atoms with E-state index in [2.05, 4.69) is 27.8 Å². The molecule has 1 rings (SSSR count). The monoisotopic (exact) mass is 254 g/mol. The topological polar surface area (TPSA) is 17.1 Å². The third-order valence-electron chi connectivity index (χ3n) is 1.49. The van der Waals surface area contributed by atoms with Crippen LogP contribution in [0.5, 0.6) is 0 Å². The maximum absolute atomic E-state index is 12.3. The zero-order valence-electron chi connectivity index (χ0n) is 7.55. The molecule has 1 aromatic rings. The molecule has 0 saturated carbocycles. The first-order valence-electron chi connectivity index (χ1n) is 4.05. The number of carbonyl (C=O) groups excluding carboxylic acids is 1. The summed E-state index contributed by atoms with van der Waals surface area (Å²) in [4.78, 5) is 11.3. The van der Waals surface area contributed by atoms with Gasteiger partial charge in [0.1, 0.15) is 0 Å². The molecule has 1 nitrogen and oxygen atoms in total. The molecule has 0 aliphatic rings. The number of ketones is 1. The summed E-state index contributed by atoms with van der Waals surface area (Å²) in [5.41, 5.74) is 0.473. The summed E-state index contributed by atoms with van der Waals surface area (Å²) in [6.07, 6.45) is -1.27. The Kier molecular flexibility index (Phi) is 3.84. The summed E-state index contributed by atoms with van der Waals surface area (Å²) in [5, 5.41) is 0. The second-order valence-corrected chi connectivity index (χ2v) is 3.64. The van der Waals surface area contributed by atoms with Crippen molar-refractivity contribution in [3.8, 4) is 11.8 Å². The molecule has 3 heteroatoms. The number of halogens is 2. The lowest BCUT2D eigenvalue weighted by atomic mass is 10.1. The van der Waals surface area contributed by atoms with Crippen LogP contribution in [-0.4, -0.2) is 12.0 Å². The van der Waals surface area contributed by atoms with Crippen LogP contribution in [0.25, 0.3) is 0 Å². The van der Waals surface area contributed by atoms with Crippen molar-refractivity contribution < 1.29 is 9.18 Å². The van der Waals surface area contributed by atoms with Gasteiger partial charge in [-0.3, -0.25) is 4.79 Å². The van der Waals surface area contributed by atoms with E-state index in [1.807, 2.05) is 0 Å². The van der Waals surface area contributed by atoms with E-state index in [0.29, 0.717) is 5.56 Å². The average molecular weight is 255 g/mol. The van der Waals surface area contributed by atoms with Gasteiger partial charge in [0, 0.05) is 10.0 Å². The third-order valence-corrected chi connectivity index (χ3v) is 2.02. The Morgan fingerprint density at radius 2 is 2.00 bits per heavy atom. The largest absolute Gasteiger partial charge is 0.279 e. The third kappa shape index (κ3) is 3.31. The Morgan fingerprint density at radius 1 is 1.43 bits per heavy atom. The summed E-state index contributed by atoms with van der Waals surface area (Å²) in [5.74, 6) is 4.06. The Hall–Kier alpha value is -1.14. The standard InChI is InChI=1S/C11H8BrFO/c1-8(13)2-7-11(14)9-3-5-10(12)6-4-9/h3-6,8H,1H3/t8-/m1/s1. The van der Waals surface area contributed by atoms with Gasteiger partial charge in [0.15, 0.2) is 6.17 Å². The number of Topliss-reactive ketones (excluding diaryl/α,β-unsaturated/α-hetero) is 1. The fourth-order valence-electron chi connectivity index (χ4n) is 0.838. The van der Waals surface area contributed by atoms with Crippen LogP contribution >= 0.6 is 15.9 Å². The van der Waals surface area contributed by atoms with E-state index in [4.69, 9.17) is 0 Å². The lowest BCUT2D eigenvalue weighted by molar-refractivity contribution is 0.105.